The van der Waals surface area contributed by atoms with Crippen LogP contribution in [0.3, 0.4) is 0 Å². The zero-order valence-electron chi connectivity index (χ0n) is 8.19. The van der Waals surface area contributed by atoms with Crippen LogP contribution in [0, 0.1) is 0 Å². The molecule has 6 heteroatoms. The van der Waals surface area contributed by atoms with Gasteiger partial charge in [0.1, 0.15) is 0 Å². The number of pyridine rings is 1. The van der Waals surface area contributed by atoms with E-state index in [1.807, 2.05) is 0 Å². The van der Waals surface area contributed by atoms with Crippen LogP contribution in [0.1, 0.15) is 12.0 Å². The average molecular weight is 293 g/mol. The molecule has 0 amide bonds. The van der Waals surface area contributed by atoms with Gasteiger partial charge in [0, 0.05) is 16.9 Å². The maximum atomic E-state index is 11.6. The first-order valence-corrected chi connectivity index (χ1v) is 7.15. The highest BCUT2D eigenvalue weighted by Crippen LogP contribution is 2.12. The number of aromatic nitrogens is 1. The zero-order chi connectivity index (χ0) is 11.3. The maximum Gasteiger partial charge on any atom is 0.154 e. The van der Waals surface area contributed by atoms with Crippen LogP contribution in [0.15, 0.2) is 22.9 Å². The molecular weight excluding hydrogens is 280 g/mol. The fraction of sp³-hybridized carbons (Fsp3) is 0.444. The topological polar surface area (TPSA) is 73.1 Å². The summed E-state index contributed by atoms with van der Waals surface area (Å²) in [6.07, 6.45) is 3.69. The summed E-state index contributed by atoms with van der Waals surface area (Å²) in [5.74, 6) is 0.162. The van der Waals surface area contributed by atoms with Crippen LogP contribution < -0.4 is 5.73 Å². The molecule has 0 aliphatic carbocycles. The quantitative estimate of drug-likeness (QED) is 0.882. The first-order chi connectivity index (χ1) is 7.03. The SMILES string of the molecule is NCCCS(=O)(=O)Cc1cncc(Br)c1. The Morgan fingerprint density at radius 3 is 2.73 bits per heavy atom. The van der Waals surface area contributed by atoms with Crippen molar-refractivity contribution in [2.24, 2.45) is 5.73 Å². The van der Waals surface area contributed by atoms with Crippen molar-refractivity contribution in [1.82, 2.24) is 4.98 Å². The van der Waals surface area contributed by atoms with Crippen molar-refractivity contribution < 1.29 is 8.42 Å². The van der Waals surface area contributed by atoms with Gasteiger partial charge in [-0.2, -0.15) is 0 Å². The summed E-state index contributed by atoms with van der Waals surface area (Å²) >= 11 is 3.25. The highest BCUT2D eigenvalue weighted by Gasteiger charge is 2.11. The second-order valence-electron chi connectivity index (χ2n) is 3.25. The van der Waals surface area contributed by atoms with Gasteiger partial charge in [-0.3, -0.25) is 4.98 Å². The van der Waals surface area contributed by atoms with E-state index in [1.54, 1.807) is 18.5 Å². The number of halogens is 1. The number of nitrogens with two attached hydrogens (primary N) is 1. The molecule has 0 atom stereocenters. The van der Waals surface area contributed by atoms with Gasteiger partial charge in [-0.25, -0.2) is 8.42 Å². The van der Waals surface area contributed by atoms with Gasteiger partial charge in [-0.15, -0.1) is 0 Å². The summed E-state index contributed by atoms with van der Waals surface area (Å²) in [7, 11) is -3.05. The first-order valence-electron chi connectivity index (χ1n) is 4.53. The van der Waals surface area contributed by atoms with Crippen molar-refractivity contribution >= 4 is 25.8 Å². The predicted molar refractivity (Wildman–Crippen MR) is 63.1 cm³/mol. The third-order valence-corrected chi connectivity index (χ3v) is 3.93. The van der Waals surface area contributed by atoms with E-state index in [1.165, 1.54) is 0 Å². The van der Waals surface area contributed by atoms with Crippen LogP contribution in [-0.2, 0) is 15.6 Å². The molecule has 0 saturated heterocycles. The second-order valence-corrected chi connectivity index (χ2v) is 6.35. The normalized spacial score (nSPS) is 11.6. The molecule has 0 saturated carbocycles. The van der Waals surface area contributed by atoms with Crippen molar-refractivity contribution in [1.29, 1.82) is 0 Å². The fourth-order valence-electron chi connectivity index (χ4n) is 1.16. The average Bonchev–Trinajstić information content (AvgIpc) is 2.14. The summed E-state index contributed by atoms with van der Waals surface area (Å²) in [6, 6.07) is 1.76. The van der Waals surface area contributed by atoms with E-state index in [0.717, 1.165) is 4.47 Å². The van der Waals surface area contributed by atoms with Crippen molar-refractivity contribution in [2.75, 3.05) is 12.3 Å². The van der Waals surface area contributed by atoms with E-state index >= 15 is 0 Å². The molecule has 0 fully saturated rings. The van der Waals surface area contributed by atoms with Gasteiger partial charge in [0.05, 0.1) is 11.5 Å². The zero-order valence-corrected chi connectivity index (χ0v) is 10.6. The monoisotopic (exact) mass is 292 g/mol. The predicted octanol–water partition coefficient (Wildman–Crippen LogP) is 1.11. The lowest BCUT2D eigenvalue weighted by Gasteiger charge is -2.03. The molecule has 0 aliphatic rings. The minimum atomic E-state index is -3.05. The molecule has 1 heterocycles. The molecule has 0 aromatic carbocycles. The standard InChI is InChI=1S/C9H13BrN2O2S/c10-9-4-8(5-12-6-9)7-15(13,14)3-1-2-11/h4-6H,1-3,7,11H2. The number of hydrogen-bond donors (Lipinski definition) is 1. The van der Waals surface area contributed by atoms with Crippen LogP contribution in [0.25, 0.3) is 0 Å². The number of hydrogen-bond acceptors (Lipinski definition) is 4. The molecule has 4 nitrogen and oxygen atoms in total. The highest BCUT2D eigenvalue weighted by molar-refractivity contribution is 9.10. The van der Waals surface area contributed by atoms with E-state index < -0.39 is 9.84 Å². The lowest BCUT2D eigenvalue weighted by atomic mass is 10.3. The van der Waals surface area contributed by atoms with Crippen LogP contribution in [0.4, 0.5) is 0 Å². The summed E-state index contributed by atoms with van der Waals surface area (Å²) < 4.78 is 23.9. The molecule has 15 heavy (non-hydrogen) atoms. The fourth-order valence-corrected chi connectivity index (χ4v) is 2.99. The summed E-state index contributed by atoms with van der Waals surface area (Å²) in [4.78, 5) is 3.91. The lowest BCUT2D eigenvalue weighted by molar-refractivity contribution is 0.592. The molecule has 2 N–H and O–H groups in total. The molecule has 1 aromatic rings. The van der Waals surface area contributed by atoms with Crippen LogP contribution >= 0.6 is 15.9 Å². The largest absolute Gasteiger partial charge is 0.330 e. The van der Waals surface area contributed by atoms with Gasteiger partial charge in [0.25, 0.3) is 0 Å². The molecule has 0 spiro atoms. The number of nitrogens with zero attached hydrogens (tertiary/aromatic N) is 1. The Labute approximate surface area is 97.9 Å². The number of rotatable bonds is 5. The van der Waals surface area contributed by atoms with Crippen LogP contribution in [-0.4, -0.2) is 25.7 Å². The van der Waals surface area contributed by atoms with E-state index in [4.69, 9.17) is 5.73 Å². The van der Waals surface area contributed by atoms with Crippen molar-refractivity contribution in [2.45, 2.75) is 12.2 Å². The van der Waals surface area contributed by atoms with Gasteiger partial charge in [0.2, 0.25) is 0 Å². The van der Waals surface area contributed by atoms with Gasteiger partial charge in [-0.05, 0) is 40.5 Å². The Morgan fingerprint density at radius 2 is 2.13 bits per heavy atom. The molecular formula is C9H13BrN2O2S. The summed E-state index contributed by atoms with van der Waals surface area (Å²) in [6.45, 7) is 0.399. The third kappa shape index (κ3) is 4.72. The van der Waals surface area contributed by atoms with Crippen molar-refractivity contribution in [3.63, 3.8) is 0 Å². The highest BCUT2D eigenvalue weighted by atomic mass is 79.9. The lowest BCUT2D eigenvalue weighted by Crippen LogP contribution is -2.13. The minimum absolute atomic E-state index is 0.0272. The molecule has 0 bridgehead atoms. The maximum absolute atomic E-state index is 11.6. The molecule has 1 rings (SSSR count). The van der Waals surface area contributed by atoms with Gasteiger partial charge < -0.3 is 5.73 Å². The van der Waals surface area contributed by atoms with Crippen molar-refractivity contribution in [3.05, 3.63) is 28.5 Å². The second kappa shape index (κ2) is 5.58. The molecule has 84 valence electrons. The third-order valence-electron chi connectivity index (χ3n) is 1.81. The van der Waals surface area contributed by atoms with Crippen molar-refractivity contribution in [3.8, 4) is 0 Å². The Kier molecular flexibility index (Phi) is 4.69. The van der Waals surface area contributed by atoms with Gasteiger partial charge >= 0.3 is 0 Å². The smallest absolute Gasteiger partial charge is 0.154 e. The minimum Gasteiger partial charge on any atom is -0.330 e. The Morgan fingerprint density at radius 1 is 1.40 bits per heavy atom. The van der Waals surface area contributed by atoms with E-state index in [0.29, 0.717) is 18.5 Å². The van der Waals surface area contributed by atoms with Crippen LogP contribution in [0.5, 0.6) is 0 Å². The number of sulfone groups is 1. The Balaban J connectivity index is 2.69. The first kappa shape index (κ1) is 12.6. The van der Waals surface area contributed by atoms with E-state index in [-0.39, 0.29) is 11.5 Å². The van der Waals surface area contributed by atoms with E-state index in [2.05, 4.69) is 20.9 Å². The molecule has 0 unspecified atom stereocenters. The van der Waals surface area contributed by atoms with Crippen LogP contribution in [0.2, 0.25) is 0 Å². The van der Waals surface area contributed by atoms with Gasteiger partial charge in [-0.1, -0.05) is 0 Å². The Hall–Kier alpha value is -0.460. The van der Waals surface area contributed by atoms with Gasteiger partial charge in [0.15, 0.2) is 9.84 Å². The van der Waals surface area contributed by atoms with E-state index in [9.17, 15) is 8.42 Å². The summed E-state index contributed by atoms with van der Waals surface area (Å²) in [5, 5.41) is 0. The molecule has 0 aliphatic heterocycles. The summed E-state index contributed by atoms with van der Waals surface area (Å²) in [5.41, 5.74) is 5.96. The molecule has 0 radical (unpaired) electrons. The Bertz CT molecular complexity index is 420. The molecule has 1 aromatic heterocycles.